The van der Waals surface area contributed by atoms with Crippen LogP contribution in [0.1, 0.15) is 12.8 Å². The fourth-order valence-corrected chi connectivity index (χ4v) is 3.50. The van der Waals surface area contributed by atoms with Crippen LogP contribution >= 0.6 is 0 Å². The highest BCUT2D eigenvalue weighted by Crippen LogP contribution is 2.23. The summed E-state index contributed by atoms with van der Waals surface area (Å²) in [5.41, 5.74) is 1.02. The van der Waals surface area contributed by atoms with Crippen LogP contribution < -0.4 is 5.32 Å². The maximum absolute atomic E-state index is 11.3. The first-order valence-corrected chi connectivity index (χ1v) is 6.40. The smallest absolute Gasteiger partial charge is 0.150 e. The molecule has 0 saturated carbocycles. The quantitative estimate of drug-likeness (QED) is 0.683. The maximum atomic E-state index is 11.3. The lowest BCUT2D eigenvalue weighted by molar-refractivity contribution is 0.522. The molecule has 1 aliphatic heterocycles. The van der Waals surface area contributed by atoms with Crippen LogP contribution in [0.15, 0.2) is 12.2 Å². The van der Waals surface area contributed by atoms with Crippen LogP contribution in [0.4, 0.5) is 0 Å². The van der Waals surface area contributed by atoms with E-state index in [1.165, 1.54) is 0 Å². The van der Waals surface area contributed by atoms with E-state index in [0.717, 1.165) is 25.0 Å². The van der Waals surface area contributed by atoms with Crippen molar-refractivity contribution in [3.63, 3.8) is 0 Å². The first-order chi connectivity index (χ1) is 6.05. The molecule has 4 heteroatoms. The van der Waals surface area contributed by atoms with Crippen LogP contribution in [-0.2, 0) is 9.84 Å². The second-order valence-corrected chi connectivity index (χ2v) is 5.87. The second kappa shape index (κ2) is 4.24. The lowest BCUT2D eigenvalue weighted by atomic mass is 9.97. The highest BCUT2D eigenvalue weighted by molar-refractivity contribution is 7.91. The molecule has 76 valence electrons. The standard InChI is InChI=1S/C9H17NO2S/c1-8(6-10-2)9-4-3-5-13(11,12)7-9/h9-10H,1,3-7H2,2H3. The van der Waals surface area contributed by atoms with Gasteiger partial charge in [0.25, 0.3) is 0 Å². The van der Waals surface area contributed by atoms with E-state index < -0.39 is 9.84 Å². The molecule has 0 radical (unpaired) electrons. The van der Waals surface area contributed by atoms with E-state index in [9.17, 15) is 8.42 Å². The van der Waals surface area contributed by atoms with E-state index in [0.29, 0.717) is 11.5 Å². The molecule has 1 N–H and O–H groups in total. The van der Waals surface area contributed by atoms with E-state index in [-0.39, 0.29) is 5.92 Å². The molecule has 0 aliphatic carbocycles. The van der Waals surface area contributed by atoms with Crippen molar-refractivity contribution in [1.29, 1.82) is 0 Å². The lowest BCUT2D eigenvalue weighted by Gasteiger charge is -2.23. The minimum absolute atomic E-state index is 0.172. The maximum Gasteiger partial charge on any atom is 0.150 e. The molecule has 1 heterocycles. The van der Waals surface area contributed by atoms with E-state index in [1.54, 1.807) is 0 Å². The van der Waals surface area contributed by atoms with Crippen LogP contribution in [0.5, 0.6) is 0 Å². The summed E-state index contributed by atoms with van der Waals surface area (Å²) in [5, 5.41) is 3.00. The molecule has 13 heavy (non-hydrogen) atoms. The second-order valence-electron chi connectivity index (χ2n) is 3.64. The van der Waals surface area contributed by atoms with Gasteiger partial charge >= 0.3 is 0 Å². The van der Waals surface area contributed by atoms with Gasteiger partial charge in [-0.05, 0) is 25.8 Å². The molecule has 3 nitrogen and oxygen atoms in total. The SMILES string of the molecule is C=C(CNC)C1CCCS(=O)(=O)C1. The topological polar surface area (TPSA) is 46.2 Å². The van der Waals surface area contributed by atoms with Crippen molar-refractivity contribution >= 4 is 9.84 Å². The summed E-state index contributed by atoms with van der Waals surface area (Å²) in [7, 11) is -0.934. The molecule has 1 rings (SSSR count). The van der Waals surface area contributed by atoms with Crippen molar-refractivity contribution < 1.29 is 8.42 Å². The van der Waals surface area contributed by atoms with Gasteiger partial charge in [-0.15, -0.1) is 0 Å². The zero-order valence-electron chi connectivity index (χ0n) is 8.04. The number of rotatable bonds is 3. The van der Waals surface area contributed by atoms with Gasteiger partial charge in [0.1, 0.15) is 0 Å². The minimum Gasteiger partial charge on any atom is -0.316 e. The number of sulfone groups is 1. The number of nitrogens with one attached hydrogen (secondary N) is 1. The van der Waals surface area contributed by atoms with Gasteiger partial charge in [-0.2, -0.15) is 0 Å². The normalized spacial score (nSPS) is 27.0. The molecule has 1 unspecified atom stereocenters. The predicted molar refractivity (Wildman–Crippen MR) is 54.4 cm³/mol. The Hall–Kier alpha value is -0.350. The Morgan fingerprint density at radius 2 is 2.31 bits per heavy atom. The Balaban J connectivity index is 2.57. The first kappa shape index (κ1) is 10.7. The Bertz CT molecular complexity index is 282. The van der Waals surface area contributed by atoms with E-state index in [2.05, 4.69) is 11.9 Å². The summed E-state index contributed by atoms with van der Waals surface area (Å²) < 4.78 is 22.6. The Labute approximate surface area is 80.1 Å². The van der Waals surface area contributed by atoms with Crippen LogP contribution in [0.2, 0.25) is 0 Å². The molecule has 1 atom stereocenters. The monoisotopic (exact) mass is 203 g/mol. The van der Waals surface area contributed by atoms with Gasteiger partial charge < -0.3 is 5.32 Å². The average Bonchev–Trinajstić information content (AvgIpc) is 2.03. The Morgan fingerprint density at radius 3 is 2.85 bits per heavy atom. The summed E-state index contributed by atoms with van der Waals surface area (Å²) in [6.45, 7) is 4.63. The zero-order valence-corrected chi connectivity index (χ0v) is 8.86. The number of likely N-dealkylation sites (N-methyl/N-ethyl adjacent to an activating group) is 1. The Morgan fingerprint density at radius 1 is 1.62 bits per heavy atom. The molecule has 1 aliphatic rings. The van der Waals surface area contributed by atoms with Crippen LogP contribution in [0.25, 0.3) is 0 Å². The molecule has 0 spiro atoms. The molecule has 0 aromatic carbocycles. The highest BCUT2D eigenvalue weighted by atomic mass is 32.2. The molecule has 1 fully saturated rings. The highest BCUT2D eigenvalue weighted by Gasteiger charge is 2.25. The van der Waals surface area contributed by atoms with Gasteiger partial charge in [0.15, 0.2) is 9.84 Å². The third-order valence-corrected chi connectivity index (χ3v) is 4.27. The zero-order chi connectivity index (χ0) is 9.90. The summed E-state index contributed by atoms with van der Waals surface area (Å²) >= 11 is 0. The van der Waals surface area contributed by atoms with Crippen molar-refractivity contribution in [1.82, 2.24) is 5.32 Å². The van der Waals surface area contributed by atoms with Crippen molar-refractivity contribution in [2.24, 2.45) is 5.92 Å². The molecular formula is C9H17NO2S. The minimum atomic E-state index is -2.78. The van der Waals surface area contributed by atoms with Crippen molar-refractivity contribution in [2.75, 3.05) is 25.1 Å². The van der Waals surface area contributed by atoms with Gasteiger partial charge in [-0.1, -0.05) is 12.2 Å². The Kier molecular flexibility index (Phi) is 3.50. The van der Waals surface area contributed by atoms with Gasteiger partial charge in [0.2, 0.25) is 0 Å². The van der Waals surface area contributed by atoms with Gasteiger partial charge in [-0.25, -0.2) is 8.42 Å². The summed E-state index contributed by atoms with van der Waals surface area (Å²) in [6, 6.07) is 0. The molecule has 0 aromatic rings. The van der Waals surface area contributed by atoms with Crippen molar-refractivity contribution in [3.8, 4) is 0 Å². The number of hydrogen-bond donors (Lipinski definition) is 1. The van der Waals surface area contributed by atoms with E-state index >= 15 is 0 Å². The van der Waals surface area contributed by atoms with Crippen molar-refractivity contribution in [3.05, 3.63) is 12.2 Å². The molecule has 1 saturated heterocycles. The summed E-state index contributed by atoms with van der Waals surface area (Å²) in [4.78, 5) is 0. The summed E-state index contributed by atoms with van der Waals surface area (Å²) in [5.74, 6) is 0.829. The van der Waals surface area contributed by atoms with Gasteiger partial charge in [0.05, 0.1) is 11.5 Å². The lowest BCUT2D eigenvalue weighted by Crippen LogP contribution is -2.28. The average molecular weight is 203 g/mol. The van der Waals surface area contributed by atoms with E-state index in [4.69, 9.17) is 0 Å². The molecular weight excluding hydrogens is 186 g/mol. The summed E-state index contributed by atoms with van der Waals surface area (Å²) in [6.07, 6.45) is 1.76. The number of hydrogen-bond acceptors (Lipinski definition) is 3. The predicted octanol–water partition coefficient (Wildman–Crippen LogP) is 0.587. The van der Waals surface area contributed by atoms with E-state index in [1.807, 2.05) is 7.05 Å². The van der Waals surface area contributed by atoms with Gasteiger partial charge in [-0.3, -0.25) is 0 Å². The molecule has 0 amide bonds. The fraction of sp³-hybridized carbons (Fsp3) is 0.778. The van der Waals surface area contributed by atoms with Crippen LogP contribution in [0, 0.1) is 5.92 Å². The fourth-order valence-electron chi connectivity index (χ4n) is 1.72. The molecule has 0 aromatic heterocycles. The third kappa shape index (κ3) is 3.12. The van der Waals surface area contributed by atoms with Gasteiger partial charge in [0, 0.05) is 6.54 Å². The van der Waals surface area contributed by atoms with Crippen molar-refractivity contribution in [2.45, 2.75) is 12.8 Å². The van der Waals surface area contributed by atoms with Crippen LogP contribution in [0.3, 0.4) is 0 Å². The van der Waals surface area contributed by atoms with Crippen LogP contribution in [-0.4, -0.2) is 33.5 Å². The third-order valence-electron chi connectivity index (χ3n) is 2.44. The largest absolute Gasteiger partial charge is 0.316 e. The first-order valence-electron chi connectivity index (χ1n) is 4.58. The molecule has 0 bridgehead atoms.